The Kier molecular flexibility index (Phi) is 29.7. The first-order valence-corrected chi connectivity index (χ1v) is 13.6. The maximum absolute atomic E-state index is 5.33. The molecule has 1 heterocycles. The number of nitrogens with zero attached hydrogens (tertiary/aromatic N) is 2. The maximum atomic E-state index is 5.33. The third-order valence-electron chi connectivity index (χ3n) is 5.28. The number of methoxy groups -OCH3 is 2. The second-order valence-electron chi connectivity index (χ2n) is 8.00. The van der Waals surface area contributed by atoms with E-state index in [9.17, 15) is 0 Å². The van der Waals surface area contributed by atoms with Crippen LogP contribution in [0.15, 0.2) is 12.1 Å². The molecule has 0 saturated carbocycles. The standard InChI is InChI=1S/C13H19NO2.C6H14.C5H13N.C3H8.C2H6/c1-4-14-6-5-10-7-12(15-2)13(16-3)8-11(10)9-14;1-3-5-6-4-2;1-4-6(3)5-2;1-3-2;1-2/h7-8H,4-6,9H2,1-3H3;3-6H2,1-2H3;4-5H2,1-3H3;3H2,1-2H3;1-2H3. The Balaban J connectivity index is -0.000000441. The van der Waals surface area contributed by atoms with Crippen molar-refractivity contribution in [2.75, 3.05) is 47.4 Å². The van der Waals surface area contributed by atoms with Crippen LogP contribution < -0.4 is 9.47 Å². The molecule has 0 N–H and O–H groups in total. The van der Waals surface area contributed by atoms with E-state index in [-0.39, 0.29) is 0 Å². The molecule has 0 unspecified atom stereocenters. The summed E-state index contributed by atoms with van der Waals surface area (Å²) in [6.45, 7) is 24.8. The smallest absolute Gasteiger partial charge is 0.161 e. The lowest BCUT2D eigenvalue weighted by Gasteiger charge is -2.28. The molecule has 2 rings (SSSR count). The quantitative estimate of drug-likeness (QED) is 0.360. The molecule has 0 fully saturated rings. The Hall–Kier alpha value is -1.26. The average Bonchev–Trinajstić information content (AvgIpc) is 2.87. The minimum atomic E-state index is 0.833. The summed E-state index contributed by atoms with van der Waals surface area (Å²) in [5, 5.41) is 0. The predicted octanol–water partition coefficient (Wildman–Crippen LogP) is 8.07. The van der Waals surface area contributed by atoms with E-state index >= 15 is 0 Å². The van der Waals surface area contributed by atoms with Gasteiger partial charge in [0.1, 0.15) is 0 Å². The van der Waals surface area contributed by atoms with Gasteiger partial charge in [0.15, 0.2) is 11.5 Å². The molecule has 1 aliphatic rings. The molecule has 4 heteroatoms. The van der Waals surface area contributed by atoms with Crippen molar-refractivity contribution in [1.29, 1.82) is 0 Å². The highest BCUT2D eigenvalue weighted by Gasteiger charge is 2.18. The lowest BCUT2D eigenvalue weighted by atomic mass is 9.99. The number of benzene rings is 1. The van der Waals surface area contributed by atoms with Crippen LogP contribution in [0.2, 0.25) is 0 Å². The van der Waals surface area contributed by atoms with Gasteiger partial charge in [-0.05, 0) is 56.4 Å². The van der Waals surface area contributed by atoms with Crippen LogP contribution in [0.3, 0.4) is 0 Å². The molecule has 1 aliphatic heterocycles. The van der Waals surface area contributed by atoms with Crippen molar-refractivity contribution in [1.82, 2.24) is 9.80 Å². The van der Waals surface area contributed by atoms with Crippen molar-refractivity contribution in [2.24, 2.45) is 0 Å². The fraction of sp³-hybridized carbons (Fsp3) is 0.793. The molecule has 4 nitrogen and oxygen atoms in total. The molecular weight excluding hydrogens is 408 g/mol. The zero-order chi connectivity index (χ0) is 26.1. The van der Waals surface area contributed by atoms with Gasteiger partial charge in [-0.3, -0.25) is 4.90 Å². The van der Waals surface area contributed by atoms with Gasteiger partial charge in [0.25, 0.3) is 0 Å². The van der Waals surface area contributed by atoms with Crippen LogP contribution in [-0.4, -0.2) is 57.2 Å². The molecule has 0 saturated heterocycles. The van der Waals surface area contributed by atoms with Crippen molar-refractivity contribution in [2.45, 2.75) is 107 Å². The molecule has 198 valence electrons. The summed E-state index contributed by atoms with van der Waals surface area (Å²) in [5.41, 5.74) is 2.76. The summed E-state index contributed by atoms with van der Waals surface area (Å²) in [6.07, 6.45) is 7.89. The molecule has 1 aromatic rings. The van der Waals surface area contributed by atoms with E-state index in [1.807, 2.05) is 13.8 Å². The molecule has 0 spiro atoms. The molecule has 0 radical (unpaired) electrons. The molecule has 33 heavy (non-hydrogen) atoms. The molecule has 0 atom stereocenters. The van der Waals surface area contributed by atoms with Gasteiger partial charge in [-0.15, -0.1) is 0 Å². The van der Waals surface area contributed by atoms with Gasteiger partial charge in [-0.25, -0.2) is 0 Å². The first-order chi connectivity index (χ1) is 15.9. The Bertz CT molecular complexity index is 513. The number of unbranched alkanes of at least 4 members (excludes halogenated alkanes) is 3. The van der Waals surface area contributed by atoms with Crippen molar-refractivity contribution < 1.29 is 9.47 Å². The summed E-state index contributed by atoms with van der Waals surface area (Å²) in [6, 6.07) is 4.22. The third-order valence-corrected chi connectivity index (χ3v) is 5.28. The summed E-state index contributed by atoms with van der Waals surface area (Å²) in [4.78, 5) is 4.69. The molecular formula is C29H60N2O2. The van der Waals surface area contributed by atoms with E-state index in [2.05, 4.69) is 77.4 Å². The van der Waals surface area contributed by atoms with Crippen LogP contribution in [-0.2, 0) is 13.0 Å². The molecule has 0 amide bonds. The van der Waals surface area contributed by atoms with Crippen LogP contribution in [0.5, 0.6) is 11.5 Å². The minimum Gasteiger partial charge on any atom is -0.493 e. The Labute approximate surface area is 209 Å². The van der Waals surface area contributed by atoms with E-state index in [0.717, 1.165) is 50.6 Å². The topological polar surface area (TPSA) is 24.9 Å². The Morgan fingerprint density at radius 1 is 0.788 bits per heavy atom. The summed E-state index contributed by atoms with van der Waals surface area (Å²) < 4.78 is 10.6. The van der Waals surface area contributed by atoms with Crippen LogP contribution in [0.25, 0.3) is 0 Å². The normalized spacial score (nSPS) is 11.8. The zero-order valence-corrected chi connectivity index (χ0v) is 24.6. The zero-order valence-electron chi connectivity index (χ0n) is 24.6. The lowest BCUT2D eigenvalue weighted by Crippen LogP contribution is -2.30. The van der Waals surface area contributed by atoms with Gasteiger partial charge in [-0.2, -0.15) is 0 Å². The average molecular weight is 469 g/mol. The number of hydrogen-bond acceptors (Lipinski definition) is 4. The minimum absolute atomic E-state index is 0.833. The fourth-order valence-corrected chi connectivity index (χ4v) is 2.94. The van der Waals surface area contributed by atoms with E-state index < -0.39 is 0 Å². The summed E-state index contributed by atoms with van der Waals surface area (Å²) in [7, 11) is 5.48. The van der Waals surface area contributed by atoms with Crippen molar-refractivity contribution in [3.05, 3.63) is 23.3 Å². The first-order valence-electron chi connectivity index (χ1n) is 13.6. The van der Waals surface area contributed by atoms with Gasteiger partial charge in [0, 0.05) is 13.1 Å². The SMILES string of the molecule is CC.CCC.CCCCCC.CCN(C)CC.CCN1CCc2cc(OC)c(OC)cc2C1. The van der Waals surface area contributed by atoms with Crippen molar-refractivity contribution in [3.63, 3.8) is 0 Å². The van der Waals surface area contributed by atoms with Crippen LogP contribution in [0.4, 0.5) is 0 Å². The molecule has 0 aromatic heterocycles. The molecule has 1 aromatic carbocycles. The molecule has 0 bridgehead atoms. The number of ether oxygens (including phenoxy) is 2. The summed E-state index contributed by atoms with van der Waals surface area (Å²) in [5.74, 6) is 1.67. The second-order valence-corrected chi connectivity index (χ2v) is 8.00. The first kappa shape index (κ1) is 36.3. The number of likely N-dealkylation sites (N-methyl/N-ethyl adjacent to an activating group) is 1. The molecule has 0 aliphatic carbocycles. The largest absolute Gasteiger partial charge is 0.493 e. The van der Waals surface area contributed by atoms with E-state index in [0.29, 0.717) is 0 Å². The lowest BCUT2D eigenvalue weighted by molar-refractivity contribution is 0.266. The Morgan fingerprint density at radius 2 is 1.21 bits per heavy atom. The number of hydrogen-bond donors (Lipinski definition) is 0. The van der Waals surface area contributed by atoms with Gasteiger partial charge < -0.3 is 14.4 Å². The van der Waals surface area contributed by atoms with Gasteiger partial charge in [-0.1, -0.05) is 94.4 Å². The summed E-state index contributed by atoms with van der Waals surface area (Å²) >= 11 is 0. The third kappa shape index (κ3) is 18.8. The fourth-order valence-electron chi connectivity index (χ4n) is 2.94. The van der Waals surface area contributed by atoms with Gasteiger partial charge in [0.05, 0.1) is 14.2 Å². The highest BCUT2D eigenvalue weighted by molar-refractivity contribution is 5.48. The second kappa shape index (κ2) is 27.0. The Morgan fingerprint density at radius 3 is 1.52 bits per heavy atom. The highest BCUT2D eigenvalue weighted by Crippen LogP contribution is 2.33. The van der Waals surface area contributed by atoms with E-state index in [1.165, 1.54) is 43.2 Å². The van der Waals surface area contributed by atoms with E-state index in [4.69, 9.17) is 9.47 Å². The van der Waals surface area contributed by atoms with E-state index in [1.54, 1.807) is 14.2 Å². The van der Waals surface area contributed by atoms with Gasteiger partial charge in [0.2, 0.25) is 0 Å². The maximum Gasteiger partial charge on any atom is 0.161 e. The highest BCUT2D eigenvalue weighted by atomic mass is 16.5. The van der Waals surface area contributed by atoms with Crippen LogP contribution >= 0.6 is 0 Å². The van der Waals surface area contributed by atoms with Gasteiger partial charge >= 0.3 is 0 Å². The van der Waals surface area contributed by atoms with Crippen molar-refractivity contribution >= 4 is 0 Å². The number of fused-ring (bicyclic) bond motifs is 1. The van der Waals surface area contributed by atoms with Crippen LogP contribution in [0.1, 0.15) is 106 Å². The van der Waals surface area contributed by atoms with Crippen LogP contribution in [0, 0.1) is 0 Å². The number of rotatable bonds is 8. The van der Waals surface area contributed by atoms with Crippen molar-refractivity contribution in [3.8, 4) is 11.5 Å². The predicted molar refractivity (Wildman–Crippen MR) is 150 cm³/mol. The monoisotopic (exact) mass is 468 g/mol.